The molecule has 0 amide bonds. The van der Waals surface area contributed by atoms with Gasteiger partial charge in [-0.1, -0.05) is 0 Å². The molecule has 3 rings (SSSR count). The number of aromatic nitrogens is 3. The van der Waals surface area contributed by atoms with Gasteiger partial charge in [0.2, 0.25) is 0 Å². The van der Waals surface area contributed by atoms with Gasteiger partial charge in [-0.15, -0.1) is 11.3 Å². The average Bonchev–Trinajstić information content (AvgIpc) is 3.01. The minimum atomic E-state index is 0.598. The van der Waals surface area contributed by atoms with E-state index in [1.807, 2.05) is 6.20 Å². The molecule has 0 aliphatic carbocycles. The van der Waals surface area contributed by atoms with Crippen LogP contribution in [0.1, 0.15) is 35.2 Å². The van der Waals surface area contributed by atoms with E-state index in [2.05, 4.69) is 38.5 Å². The Morgan fingerprint density at radius 1 is 1.56 bits per heavy atom. The third kappa shape index (κ3) is 2.62. The Morgan fingerprint density at radius 3 is 3.22 bits per heavy atom. The summed E-state index contributed by atoms with van der Waals surface area (Å²) in [5, 5.41) is 10.5. The molecule has 3 heterocycles. The summed E-state index contributed by atoms with van der Waals surface area (Å²) in [6.07, 6.45) is 4.36. The lowest BCUT2D eigenvalue weighted by molar-refractivity contribution is 0.196. The van der Waals surface area contributed by atoms with Crippen molar-refractivity contribution in [2.24, 2.45) is 0 Å². The zero-order chi connectivity index (χ0) is 12.4. The molecule has 0 spiro atoms. The Morgan fingerprint density at radius 2 is 2.50 bits per heavy atom. The molecule has 0 aromatic carbocycles. The van der Waals surface area contributed by atoms with E-state index in [9.17, 15) is 0 Å². The molecular formula is C13H18N4S. The maximum absolute atomic E-state index is 4.55. The van der Waals surface area contributed by atoms with E-state index in [-0.39, 0.29) is 0 Å². The minimum absolute atomic E-state index is 0.598. The van der Waals surface area contributed by atoms with Crippen LogP contribution in [0.4, 0.5) is 0 Å². The number of aryl methyl sites for hydroxylation is 1. The van der Waals surface area contributed by atoms with E-state index in [0.717, 1.165) is 18.1 Å². The third-order valence-corrected chi connectivity index (χ3v) is 4.34. The molecule has 0 bridgehead atoms. The first-order valence-electron chi connectivity index (χ1n) is 6.44. The topological polar surface area (TPSA) is 44.8 Å². The fourth-order valence-electron chi connectivity index (χ4n) is 2.66. The number of likely N-dealkylation sites (tertiary alicyclic amines) is 1. The molecule has 1 aliphatic rings. The van der Waals surface area contributed by atoms with Crippen LogP contribution in [0.5, 0.6) is 0 Å². The summed E-state index contributed by atoms with van der Waals surface area (Å²) >= 11 is 1.74. The quantitative estimate of drug-likeness (QED) is 0.924. The minimum Gasteiger partial charge on any atom is -0.297 e. The lowest BCUT2D eigenvalue weighted by atomic mass is 9.95. The number of piperidine rings is 1. The van der Waals surface area contributed by atoms with Gasteiger partial charge in [-0.3, -0.25) is 10.00 Å². The summed E-state index contributed by atoms with van der Waals surface area (Å²) in [6.45, 7) is 5.34. The van der Waals surface area contributed by atoms with Gasteiger partial charge in [0.1, 0.15) is 0 Å². The third-order valence-electron chi connectivity index (χ3n) is 3.52. The standard InChI is InChI=1S/C13H18N4S/c1-10-15-12(9-18-10)8-17-6-2-3-11(7-17)13-4-5-14-16-13/h4-5,9,11H,2-3,6-8H2,1H3,(H,14,16)/t11-/m0/s1. The van der Waals surface area contributed by atoms with Crippen molar-refractivity contribution in [2.75, 3.05) is 13.1 Å². The molecule has 5 heteroatoms. The fourth-order valence-corrected chi connectivity index (χ4v) is 3.26. The fraction of sp³-hybridized carbons (Fsp3) is 0.538. The molecule has 4 nitrogen and oxygen atoms in total. The van der Waals surface area contributed by atoms with Gasteiger partial charge >= 0.3 is 0 Å². The summed E-state index contributed by atoms with van der Waals surface area (Å²) in [7, 11) is 0. The Balaban J connectivity index is 1.63. The van der Waals surface area contributed by atoms with Gasteiger partial charge in [-0.25, -0.2) is 4.98 Å². The number of nitrogens with zero attached hydrogens (tertiary/aromatic N) is 3. The second kappa shape index (κ2) is 5.20. The Labute approximate surface area is 111 Å². The second-order valence-corrected chi connectivity index (χ2v) is 6.01. The van der Waals surface area contributed by atoms with Crippen LogP contribution in [0.2, 0.25) is 0 Å². The lowest BCUT2D eigenvalue weighted by Crippen LogP contribution is -2.34. The monoisotopic (exact) mass is 262 g/mol. The summed E-state index contributed by atoms with van der Waals surface area (Å²) in [6, 6.07) is 2.10. The highest BCUT2D eigenvalue weighted by molar-refractivity contribution is 7.09. The van der Waals surface area contributed by atoms with Crippen molar-refractivity contribution >= 4 is 11.3 Å². The molecule has 1 saturated heterocycles. The Bertz CT molecular complexity index is 491. The van der Waals surface area contributed by atoms with Gasteiger partial charge in [0, 0.05) is 36.3 Å². The van der Waals surface area contributed by atoms with Crippen LogP contribution < -0.4 is 0 Å². The maximum atomic E-state index is 4.55. The normalized spacial score (nSPS) is 21.3. The number of nitrogens with one attached hydrogen (secondary N) is 1. The molecule has 2 aromatic heterocycles. The summed E-state index contributed by atoms with van der Waals surface area (Å²) in [5.74, 6) is 0.598. The van der Waals surface area contributed by atoms with Crippen LogP contribution in [-0.2, 0) is 6.54 Å². The number of aromatic amines is 1. The first kappa shape index (κ1) is 11.9. The predicted octanol–water partition coefficient (Wildman–Crippen LogP) is 2.55. The van der Waals surface area contributed by atoms with Crippen LogP contribution in [-0.4, -0.2) is 33.2 Å². The van der Waals surface area contributed by atoms with Crippen molar-refractivity contribution < 1.29 is 0 Å². The van der Waals surface area contributed by atoms with Gasteiger partial charge in [0.05, 0.1) is 10.7 Å². The zero-order valence-electron chi connectivity index (χ0n) is 10.6. The molecule has 0 radical (unpaired) electrons. The van der Waals surface area contributed by atoms with E-state index in [1.54, 1.807) is 11.3 Å². The Hall–Kier alpha value is -1.20. The maximum Gasteiger partial charge on any atom is 0.0897 e. The van der Waals surface area contributed by atoms with Crippen LogP contribution in [0.15, 0.2) is 17.6 Å². The van der Waals surface area contributed by atoms with Crippen LogP contribution in [0.25, 0.3) is 0 Å². The smallest absolute Gasteiger partial charge is 0.0897 e. The number of thiazole rings is 1. The van der Waals surface area contributed by atoms with E-state index < -0.39 is 0 Å². The highest BCUT2D eigenvalue weighted by Crippen LogP contribution is 2.26. The number of rotatable bonds is 3. The second-order valence-electron chi connectivity index (χ2n) is 4.94. The SMILES string of the molecule is Cc1nc(CN2CCC[C@H](c3ccn[nH]3)C2)cs1. The molecule has 96 valence electrons. The van der Waals surface area contributed by atoms with Gasteiger partial charge in [0.25, 0.3) is 0 Å². The zero-order valence-corrected chi connectivity index (χ0v) is 11.4. The molecular weight excluding hydrogens is 244 g/mol. The van der Waals surface area contributed by atoms with Crippen molar-refractivity contribution in [2.45, 2.75) is 32.2 Å². The van der Waals surface area contributed by atoms with Crippen molar-refractivity contribution in [3.63, 3.8) is 0 Å². The van der Waals surface area contributed by atoms with Gasteiger partial charge < -0.3 is 0 Å². The van der Waals surface area contributed by atoms with E-state index >= 15 is 0 Å². The number of hydrogen-bond donors (Lipinski definition) is 1. The molecule has 1 N–H and O–H groups in total. The summed E-state index contributed by atoms with van der Waals surface area (Å²) < 4.78 is 0. The average molecular weight is 262 g/mol. The molecule has 1 aliphatic heterocycles. The number of H-pyrrole nitrogens is 1. The van der Waals surface area contributed by atoms with Gasteiger partial charge in [0.15, 0.2) is 0 Å². The van der Waals surface area contributed by atoms with Gasteiger partial charge in [-0.05, 0) is 32.4 Å². The summed E-state index contributed by atoms with van der Waals surface area (Å²) in [4.78, 5) is 7.05. The van der Waals surface area contributed by atoms with E-state index in [0.29, 0.717) is 5.92 Å². The largest absolute Gasteiger partial charge is 0.297 e. The number of hydrogen-bond acceptors (Lipinski definition) is 4. The van der Waals surface area contributed by atoms with Crippen molar-refractivity contribution in [3.8, 4) is 0 Å². The first-order valence-corrected chi connectivity index (χ1v) is 7.32. The molecule has 2 aromatic rings. The lowest BCUT2D eigenvalue weighted by Gasteiger charge is -2.31. The molecule has 1 fully saturated rings. The van der Waals surface area contributed by atoms with Crippen LogP contribution >= 0.6 is 11.3 Å². The molecule has 0 saturated carbocycles. The van der Waals surface area contributed by atoms with Crippen molar-refractivity contribution in [1.29, 1.82) is 0 Å². The van der Waals surface area contributed by atoms with Crippen LogP contribution in [0, 0.1) is 6.92 Å². The first-order chi connectivity index (χ1) is 8.81. The van der Waals surface area contributed by atoms with Crippen molar-refractivity contribution in [3.05, 3.63) is 34.0 Å². The summed E-state index contributed by atoms with van der Waals surface area (Å²) in [5.41, 5.74) is 2.48. The molecule has 18 heavy (non-hydrogen) atoms. The van der Waals surface area contributed by atoms with E-state index in [4.69, 9.17) is 0 Å². The predicted molar refractivity (Wildman–Crippen MR) is 72.7 cm³/mol. The van der Waals surface area contributed by atoms with Gasteiger partial charge in [-0.2, -0.15) is 5.10 Å². The van der Waals surface area contributed by atoms with E-state index in [1.165, 1.54) is 30.8 Å². The molecule has 0 unspecified atom stereocenters. The van der Waals surface area contributed by atoms with Crippen molar-refractivity contribution in [1.82, 2.24) is 20.1 Å². The van der Waals surface area contributed by atoms with Crippen LogP contribution in [0.3, 0.4) is 0 Å². The highest BCUT2D eigenvalue weighted by atomic mass is 32.1. The molecule has 1 atom stereocenters. The Kier molecular flexibility index (Phi) is 3.43. The highest BCUT2D eigenvalue weighted by Gasteiger charge is 2.22.